The highest BCUT2D eigenvalue weighted by molar-refractivity contribution is 9.10. The molecule has 0 amide bonds. The highest BCUT2D eigenvalue weighted by Gasteiger charge is 2.17. The highest BCUT2D eigenvalue weighted by atomic mass is 79.9. The summed E-state index contributed by atoms with van der Waals surface area (Å²) < 4.78 is 6.71. The Balaban J connectivity index is 2.87. The second kappa shape index (κ2) is 7.80. The van der Waals surface area contributed by atoms with Gasteiger partial charge in [0.2, 0.25) is 0 Å². The minimum Gasteiger partial charge on any atom is -0.492 e. The monoisotopic (exact) mass is 313 g/mol. The van der Waals surface area contributed by atoms with Gasteiger partial charge in [0.25, 0.3) is 0 Å². The average molecular weight is 314 g/mol. The van der Waals surface area contributed by atoms with Crippen LogP contribution in [0.5, 0.6) is 5.75 Å². The molecule has 0 aliphatic heterocycles. The molecule has 2 unspecified atom stereocenters. The van der Waals surface area contributed by atoms with Crippen LogP contribution in [0.1, 0.15) is 45.2 Å². The molecule has 3 heteroatoms. The van der Waals surface area contributed by atoms with Crippen LogP contribution in [-0.2, 0) is 0 Å². The Hall–Kier alpha value is -0.540. The molecule has 0 aliphatic carbocycles. The first kappa shape index (κ1) is 15.5. The lowest BCUT2D eigenvalue weighted by molar-refractivity contribution is 0.315. The van der Waals surface area contributed by atoms with Crippen molar-refractivity contribution in [3.63, 3.8) is 0 Å². The number of benzene rings is 1. The van der Waals surface area contributed by atoms with Crippen molar-refractivity contribution in [2.45, 2.75) is 39.7 Å². The van der Waals surface area contributed by atoms with Gasteiger partial charge in [-0.2, -0.15) is 0 Å². The van der Waals surface area contributed by atoms with E-state index in [1.165, 1.54) is 5.56 Å². The molecule has 0 fully saturated rings. The summed E-state index contributed by atoms with van der Waals surface area (Å²) in [5.41, 5.74) is 1.31. The zero-order valence-corrected chi connectivity index (χ0v) is 13.4. The minimum atomic E-state index is 0.395. The molecule has 102 valence electrons. The summed E-state index contributed by atoms with van der Waals surface area (Å²) in [4.78, 5) is 0. The van der Waals surface area contributed by atoms with E-state index in [1.54, 1.807) is 0 Å². The molecular weight excluding hydrogens is 290 g/mol. The molecule has 0 heterocycles. The van der Waals surface area contributed by atoms with Gasteiger partial charge in [0.1, 0.15) is 5.75 Å². The molecular formula is C15H24BrNO. The van der Waals surface area contributed by atoms with Gasteiger partial charge in [0, 0.05) is 6.04 Å². The standard InChI is InChI=1S/C15H24BrNO/c1-5-9-18-14-8-7-12(10-13(14)16)15(17-4)11(3)6-2/h7-8,10-11,15,17H,5-6,9H2,1-4H3. The average Bonchev–Trinajstić information content (AvgIpc) is 2.38. The fraction of sp³-hybridized carbons (Fsp3) is 0.600. The molecule has 2 atom stereocenters. The molecule has 1 N–H and O–H groups in total. The van der Waals surface area contributed by atoms with E-state index < -0.39 is 0 Å². The van der Waals surface area contributed by atoms with Crippen molar-refractivity contribution in [1.82, 2.24) is 5.32 Å². The summed E-state index contributed by atoms with van der Waals surface area (Å²) >= 11 is 3.59. The Morgan fingerprint density at radius 3 is 2.56 bits per heavy atom. The van der Waals surface area contributed by atoms with E-state index in [9.17, 15) is 0 Å². The number of hydrogen-bond donors (Lipinski definition) is 1. The highest BCUT2D eigenvalue weighted by Crippen LogP contribution is 2.31. The number of hydrogen-bond acceptors (Lipinski definition) is 2. The molecule has 18 heavy (non-hydrogen) atoms. The molecule has 0 saturated heterocycles. The van der Waals surface area contributed by atoms with E-state index in [0.29, 0.717) is 12.0 Å². The second-order valence-corrected chi connectivity index (χ2v) is 5.54. The zero-order valence-electron chi connectivity index (χ0n) is 11.8. The van der Waals surface area contributed by atoms with Gasteiger partial charge >= 0.3 is 0 Å². The third-order valence-corrected chi connectivity index (χ3v) is 3.92. The maximum absolute atomic E-state index is 5.67. The Morgan fingerprint density at radius 2 is 2.06 bits per heavy atom. The zero-order chi connectivity index (χ0) is 13.5. The van der Waals surface area contributed by atoms with E-state index in [2.05, 4.69) is 60.2 Å². The van der Waals surface area contributed by atoms with E-state index in [0.717, 1.165) is 29.7 Å². The quantitative estimate of drug-likeness (QED) is 0.797. The van der Waals surface area contributed by atoms with Crippen LogP contribution < -0.4 is 10.1 Å². The Bertz CT molecular complexity index is 368. The predicted octanol–water partition coefficient (Wildman–Crippen LogP) is 4.54. The summed E-state index contributed by atoms with van der Waals surface area (Å²) in [5, 5.41) is 3.40. The Morgan fingerprint density at radius 1 is 1.33 bits per heavy atom. The topological polar surface area (TPSA) is 21.3 Å². The summed E-state index contributed by atoms with van der Waals surface area (Å²) in [6.45, 7) is 7.38. The van der Waals surface area contributed by atoms with Crippen molar-refractivity contribution >= 4 is 15.9 Å². The van der Waals surface area contributed by atoms with Crippen LogP contribution >= 0.6 is 15.9 Å². The molecule has 0 aromatic heterocycles. The summed E-state index contributed by atoms with van der Waals surface area (Å²) in [5.74, 6) is 1.55. The SMILES string of the molecule is CCCOc1ccc(C(NC)C(C)CC)cc1Br. The Kier molecular flexibility index (Phi) is 6.72. The van der Waals surface area contributed by atoms with Crippen molar-refractivity contribution < 1.29 is 4.74 Å². The molecule has 0 spiro atoms. The number of rotatable bonds is 7. The number of halogens is 1. The van der Waals surface area contributed by atoms with E-state index in [-0.39, 0.29) is 0 Å². The van der Waals surface area contributed by atoms with Gasteiger partial charge in [-0.3, -0.25) is 0 Å². The van der Waals surface area contributed by atoms with E-state index in [4.69, 9.17) is 4.74 Å². The Labute approximate surface area is 119 Å². The first-order chi connectivity index (χ1) is 8.63. The van der Waals surface area contributed by atoms with Crippen LogP contribution in [-0.4, -0.2) is 13.7 Å². The maximum atomic E-state index is 5.67. The van der Waals surface area contributed by atoms with Gasteiger partial charge in [-0.05, 0) is 53.0 Å². The molecule has 0 aliphatic rings. The van der Waals surface area contributed by atoms with Crippen LogP contribution in [0.2, 0.25) is 0 Å². The van der Waals surface area contributed by atoms with Gasteiger partial charge in [0.05, 0.1) is 11.1 Å². The van der Waals surface area contributed by atoms with Crippen LogP contribution in [0.4, 0.5) is 0 Å². The summed E-state index contributed by atoms with van der Waals surface area (Å²) in [7, 11) is 2.02. The van der Waals surface area contributed by atoms with E-state index >= 15 is 0 Å². The third kappa shape index (κ3) is 3.99. The fourth-order valence-electron chi connectivity index (χ4n) is 2.06. The van der Waals surface area contributed by atoms with Gasteiger partial charge in [-0.1, -0.05) is 33.3 Å². The van der Waals surface area contributed by atoms with E-state index in [1.807, 2.05) is 7.05 Å². The molecule has 2 nitrogen and oxygen atoms in total. The molecule has 1 aromatic rings. The minimum absolute atomic E-state index is 0.395. The van der Waals surface area contributed by atoms with Crippen molar-refractivity contribution in [3.8, 4) is 5.75 Å². The second-order valence-electron chi connectivity index (χ2n) is 4.69. The van der Waals surface area contributed by atoms with Gasteiger partial charge < -0.3 is 10.1 Å². The summed E-state index contributed by atoms with van der Waals surface area (Å²) in [6, 6.07) is 6.77. The van der Waals surface area contributed by atoms with Crippen molar-refractivity contribution in [3.05, 3.63) is 28.2 Å². The van der Waals surface area contributed by atoms with Gasteiger partial charge in [0.15, 0.2) is 0 Å². The largest absolute Gasteiger partial charge is 0.492 e. The lowest BCUT2D eigenvalue weighted by Gasteiger charge is -2.23. The number of ether oxygens (including phenoxy) is 1. The molecule has 0 saturated carbocycles. The van der Waals surface area contributed by atoms with Crippen LogP contribution in [0.25, 0.3) is 0 Å². The predicted molar refractivity (Wildman–Crippen MR) is 81.2 cm³/mol. The first-order valence-electron chi connectivity index (χ1n) is 6.73. The van der Waals surface area contributed by atoms with Crippen LogP contribution in [0.3, 0.4) is 0 Å². The van der Waals surface area contributed by atoms with Crippen molar-refractivity contribution in [1.29, 1.82) is 0 Å². The fourth-order valence-corrected chi connectivity index (χ4v) is 2.57. The van der Waals surface area contributed by atoms with Crippen LogP contribution in [0, 0.1) is 5.92 Å². The molecule has 1 aromatic carbocycles. The molecule has 1 rings (SSSR count). The summed E-state index contributed by atoms with van der Waals surface area (Å²) in [6.07, 6.45) is 2.19. The van der Waals surface area contributed by atoms with Crippen molar-refractivity contribution in [2.75, 3.05) is 13.7 Å². The van der Waals surface area contributed by atoms with Crippen molar-refractivity contribution in [2.24, 2.45) is 5.92 Å². The maximum Gasteiger partial charge on any atom is 0.133 e. The lowest BCUT2D eigenvalue weighted by atomic mass is 9.92. The normalized spacial score (nSPS) is 14.3. The first-order valence-corrected chi connectivity index (χ1v) is 7.52. The molecule has 0 radical (unpaired) electrons. The van der Waals surface area contributed by atoms with Gasteiger partial charge in [-0.15, -0.1) is 0 Å². The molecule has 0 bridgehead atoms. The smallest absolute Gasteiger partial charge is 0.133 e. The van der Waals surface area contributed by atoms with Gasteiger partial charge in [-0.25, -0.2) is 0 Å². The lowest BCUT2D eigenvalue weighted by Crippen LogP contribution is -2.23. The van der Waals surface area contributed by atoms with Crippen LogP contribution in [0.15, 0.2) is 22.7 Å². The number of nitrogens with one attached hydrogen (secondary N) is 1. The third-order valence-electron chi connectivity index (χ3n) is 3.30.